The van der Waals surface area contributed by atoms with Gasteiger partial charge < -0.3 is 9.72 Å². The number of rotatable bonds is 2. The molecule has 0 saturated carbocycles. The first-order valence-corrected chi connectivity index (χ1v) is 5.12. The Labute approximate surface area is 93.5 Å². The van der Waals surface area contributed by atoms with Gasteiger partial charge in [-0.05, 0) is 13.8 Å². The van der Waals surface area contributed by atoms with Crippen LogP contribution in [0.2, 0.25) is 0 Å². The van der Waals surface area contributed by atoms with Crippen LogP contribution in [-0.2, 0) is 11.2 Å². The SMILES string of the molecule is CNC(=O)Cc1nc(C)cn2cc(C)nc12. The van der Waals surface area contributed by atoms with Crippen LogP contribution in [0.25, 0.3) is 5.65 Å². The van der Waals surface area contributed by atoms with Gasteiger partial charge in [-0.2, -0.15) is 0 Å². The summed E-state index contributed by atoms with van der Waals surface area (Å²) in [7, 11) is 1.62. The molecule has 2 aromatic rings. The van der Waals surface area contributed by atoms with Crippen molar-refractivity contribution in [2.75, 3.05) is 7.05 Å². The highest BCUT2D eigenvalue weighted by molar-refractivity contribution is 5.79. The lowest BCUT2D eigenvalue weighted by atomic mass is 10.3. The number of hydrogen-bond donors (Lipinski definition) is 1. The Balaban J connectivity index is 2.53. The van der Waals surface area contributed by atoms with E-state index in [1.807, 2.05) is 30.6 Å². The van der Waals surface area contributed by atoms with Gasteiger partial charge in [-0.15, -0.1) is 0 Å². The third kappa shape index (κ3) is 1.88. The van der Waals surface area contributed by atoms with E-state index in [0.717, 1.165) is 17.0 Å². The van der Waals surface area contributed by atoms with Crippen molar-refractivity contribution in [3.63, 3.8) is 0 Å². The lowest BCUT2D eigenvalue weighted by Crippen LogP contribution is -2.21. The molecule has 0 fully saturated rings. The predicted octanol–water partition coefficient (Wildman–Crippen LogP) is 0.635. The second kappa shape index (κ2) is 3.92. The molecule has 0 aliphatic heterocycles. The lowest BCUT2D eigenvalue weighted by Gasteiger charge is -2.03. The van der Waals surface area contributed by atoms with E-state index >= 15 is 0 Å². The fraction of sp³-hybridized carbons (Fsp3) is 0.364. The fourth-order valence-electron chi connectivity index (χ4n) is 1.68. The van der Waals surface area contributed by atoms with Crippen molar-refractivity contribution in [1.29, 1.82) is 0 Å². The summed E-state index contributed by atoms with van der Waals surface area (Å²) >= 11 is 0. The number of hydrogen-bond acceptors (Lipinski definition) is 3. The molecule has 5 heteroatoms. The highest BCUT2D eigenvalue weighted by atomic mass is 16.1. The molecule has 0 unspecified atom stereocenters. The van der Waals surface area contributed by atoms with E-state index in [4.69, 9.17) is 0 Å². The zero-order valence-electron chi connectivity index (χ0n) is 9.61. The van der Waals surface area contributed by atoms with E-state index < -0.39 is 0 Å². The van der Waals surface area contributed by atoms with Crippen molar-refractivity contribution in [2.45, 2.75) is 20.3 Å². The van der Waals surface area contributed by atoms with Gasteiger partial charge in [-0.25, -0.2) is 4.98 Å². The number of aryl methyl sites for hydroxylation is 2. The number of carbonyl (C=O) groups excluding carboxylic acids is 1. The minimum absolute atomic E-state index is 0.0550. The summed E-state index contributed by atoms with van der Waals surface area (Å²) in [6, 6.07) is 0. The van der Waals surface area contributed by atoms with Gasteiger partial charge >= 0.3 is 0 Å². The second-order valence-corrected chi connectivity index (χ2v) is 3.79. The van der Waals surface area contributed by atoms with Gasteiger partial charge in [0.2, 0.25) is 5.91 Å². The first-order valence-electron chi connectivity index (χ1n) is 5.12. The molecule has 5 nitrogen and oxygen atoms in total. The molecule has 0 aromatic carbocycles. The van der Waals surface area contributed by atoms with Crippen LogP contribution < -0.4 is 5.32 Å². The second-order valence-electron chi connectivity index (χ2n) is 3.79. The Kier molecular flexibility index (Phi) is 2.60. The van der Waals surface area contributed by atoms with Gasteiger partial charge in [0, 0.05) is 19.4 Å². The summed E-state index contributed by atoms with van der Waals surface area (Å²) < 4.78 is 1.91. The number of likely N-dealkylation sites (N-methyl/N-ethyl adjacent to an activating group) is 1. The van der Waals surface area contributed by atoms with Gasteiger partial charge in [0.25, 0.3) is 0 Å². The standard InChI is InChI=1S/C11H14N4O/c1-7-5-15-6-8(2)14-11(15)9(13-7)4-10(16)12-3/h5-6H,4H2,1-3H3,(H,12,16). The van der Waals surface area contributed by atoms with Crippen LogP contribution in [0.1, 0.15) is 17.1 Å². The number of amides is 1. The molecule has 16 heavy (non-hydrogen) atoms. The molecule has 0 radical (unpaired) electrons. The summed E-state index contributed by atoms with van der Waals surface area (Å²) in [5, 5.41) is 2.59. The zero-order chi connectivity index (χ0) is 11.7. The first-order chi connectivity index (χ1) is 7.60. The van der Waals surface area contributed by atoms with Gasteiger partial charge in [0.05, 0.1) is 23.5 Å². The smallest absolute Gasteiger partial charge is 0.225 e. The van der Waals surface area contributed by atoms with Crippen LogP contribution >= 0.6 is 0 Å². The molecule has 2 rings (SSSR count). The highest BCUT2D eigenvalue weighted by Crippen LogP contribution is 2.10. The summed E-state index contributed by atoms with van der Waals surface area (Å²) in [5.41, 5.74) is 3.27. The van der Waals surface area contributed by atoms with Crippen molar-refractivity contribution in [3.8, 4) is 0 Å². The molecular formula is C11H14N4O. The third-order valence-electron chi connectivity index (χ3n) is 2.35. The van der Waals surface area contributed by atoms with Gasteiger partial charge in [-0.1, -0.05) is 0 Å². The Bertz CT molecular complexity index is 544. The molecule has 0 atom stereocenters. The van der Waals surface area contributed by atoms with Crippen molar-refractivity contribution in [1.82, 2.24) is 19.7 Å². The van der Waals surface area contributed by atoms with E-state index in [0.29, 0.717) is 5.69 Å². The predicted molar refractivity (Wildman–Crippen MR) is 60.2 cm³/mol. The molecule has 0 saturated heterocycles. The maximum absolute atomic E-state index is 11.4. The molecule has 2 aromatic heterocycles. The van der Waals surface area contributed by atoms with Crippen LogP contribution in [0.4, 0.5) is 0 Å². The first kappa shape index (κ1) is 10.6. The van der Waals surface area contributed by atoms with Gasteiger partial charge in [-0.3, -0.25) is 9.78 Å². The number of carbonyl (C=O) groups is 1. The van der Waals surface area contributed by atoms with Crippen LogP contribution in [0, 0.1) is 13.8 Å². The van der Waals surface area contributed by atoms with Crippen molar-refractivity contribution >= 4 is 11.6 Å². The molecule has 1 amide bonds. The zero-order valence-corrected chi connectivity index (χ0v) is 9.61. The molecule has 0 spiro atoms. The van der Waals surface area contributed by atoms with Crippen molar-refractivity contribution in [3.05, 3.63) is 29.5 Å². The molecule has 84 valence electrons. The quantitative estimate of drug-likeness (QED) is 0.804. The van der Waals surface area contributed by atoms with Crippen LogP contribution in [0.15, 0.2) is 12.4 Å². The number of imidazole rings is 1. The Morgan fingerprint density at radius 3 is 2.56 bits per heavy atom. The minimum atomic E-state index is -0.0550. The van der Waals surface area contributed by atoms with E-state index in [1.54, 1.807) is 7.05 Å². The van der Waals surface area contributed by atoms with E-state index in [9.17, 15) is 4.79 Å². The maximum Gasteiger partial charge on any atom is 0.225 e. The van der Waals surface area contributed by atoms with Crippen molar-refractivity contribution < 1.29 is 4.79 Å². The fourth-order valence-corrected chi connectivity index (χ4v) is 1.68. The van der Waals surface area contributed by atoms with Crippen LogP contribution in [-0.4, -0.2) is 27.3 Å². The monoisotopic (exact) mass is 218 g/mol. The Hall–Kier alpha value is -1.91. The average Bonchev–Trinajstić information content (AvgIpc) is 2.58. The summed E-state index contributed by atoms with van der Waals surface area (Å²) in [6.07, 6.45) is 4.10. The summed E-state index contributed by atoms with van der Waals surface area (Å²) in [6.45, 7) is 3.83. The van der Waals surface area contributed by atoms with Crippen molar-refractivity contribution in [2.24, 2.45) is 0 Å². The molecule has 0 aliphatic carbocycles. The van der Waals surface area contributed by atoms with E-state index in [2.05, 4.69) is 15.3 Å². The summed E-state index contributed by atoms with van der Waals surface area (Å²) in [5.74, 6) is -0.0550. The topological polar surface area (TPSA) is 59.3 Å². The minimum Gasteiger partial charge on any atom is -0.359 e. The van der Waals surface area contributed by atoms with Gasteiger partial charge in [0.1, 0.15) is 0 Å². The number of nitrogens with one attached hydrogen (secondary N) is 1. The number of fused-ring (bicyclic) bond motifs is 1. The van der Waals surface area contributed by atoms with Crippen LogP contribution in [0.5, 0.6) is 0 Å². The Morgan fingerprint density at radius 1 is 1.31 bits per heavy atom. The largest absolute Gasteiger partial charge is 0.359 e. The highest BCUT2D eigenvalue weighted by Gasteiger charge is 2.10. The third-order valence-corrected chi connectivity index (χ3v) is 2.35. The number of nitrogens with zero attached hydrogens (tertiary/aromatic N) is 3. The molecule has 2 heterocycles. The molecule has 0 aliphatic rings. The van der Waals surface area contributed by atoms with Crippen LogP contribution in [0.3, 0.4) is 0 Å². The molecular weight excluding hydrogens is 204 g/mol. The molecule has 0 bridgehead atoms. The Morgan fingerprint density at radius 2 is 1.94 bits per heavy atom. The maximum atomic E-state index is 11.4. The molecule has 1 N–H and O–H groups in total. The number of aromatic nitrogens is 3. The van der Waals surface area contributed by atoms with Gasteiger partial charge in [0.15, 0.2) is 5.65 Å². The average molecular weight is 218 g/mol. The normalized spacial score (nSPS) is 10.7. The van der Waals surface area contributed by atoms with E-state index in [1.165, 1.54) is 0 Å². The summed E-state index contributed by atoms with van der Waals surface area (Å²) in [4.78, 5) is 20.1. The lowest BCUT2D eigenvalue weighted by molar-refractivity contribution is -0.119. The van der Waals surface area contributed by atoms with E-state index in [-0.39, 0.29) is 12.3 Å².